The molecule has 0 saturated heterocycles. The summed E-state index contributed by atoms with van der Waals surface area (Å²) < 4.78 is 53.9. The first-order chi connectivity index (χ1) is 17.7. The maximum atomic E-state index is 12.9. The first kappa shape index (κ1) is 25.0. The van der Waals surface area contributed by atoms with Gasteiger partial charge in [-0.3, -0.25) is 0 Å². The highest BCUT2D eigenvalue weighted by molar-refractivity contribution is 7.89. The summed E-state index contributed by atoms with van der Waals surface area (Å²) in [6.45, 7) is 3.91. The molecular weight excluding hydrogens is 500 g/mol. The van der Waals surface area contributed by atoms with Crippen LogP contribution in [-0.2, 0) is 10.0 Å². The van der Waals surface area contributed by atoms with Crippen LogP contribution in [0.4, 0.5) is 0 Å². The second kappa shape index (κ2) is 9.66. The Morgan fingerprint density at radius 1 is 0.946 bits per heavy atom. The molecule has 196 valence electrons. The molecule has 5 rings (SSSR count). The number of sulfonamides is 1. The molecule has 0 radical (unpaired) electrons. The Kier molecular flexibility index (Phi) is 6.52. The lowest BCUT2D eigenvalue weighted by Gasteiger charge is -2.38. The van der Waals surface area contributed by atoms with E-state index in [1.165, 1.54) is 26.4 Å². The Morgan fingerprint density at radius 2 is 1.57 bits per heavy atom. The molecular formula is C26H28N2O8S. The topological polar surface area (TPSA) is 125 Å². The Hall–Kier alpha value is -3.67. The fourth-order valence-corrected chi connectivity index (χ4v) is 5.52. The van der Waals surface area contributed by atoms with E-state index in [2.05, 4.69) is 10.3 Å². The average Bonchev–Trinajstić information content (AvgIpc) is 3.34. The molecule has 0 fully saturated rings. The highest BCUT2D eigenvalue weighted by Gasteiger charge is 2.39. The minimum Gasteiger partial charge on any atom is -0.502 e. The van der Waals surface area contributed by atoms with Crippen LogP contribution in [0.5, 0.6) is 34.5 Å². The minimum absolute atomic E-state index is 0.0946. The Morgan fingerprint density at radius 3 is 2.19 bits per heavy atom. The van der Waals surface area contributed by atoms with Gasteiger partial charge in [-0.15, -0.1) is 4.83 Å². The predicted octanol–water partition coefficient (Wildman–Crippen LogP) is 3.42. The molecule has 0 spiro atoms. The van der Waals surface area contributed by atoms with Gasteiger partial charge in [0.2, 0.25) is 12.5 Å². The summed E-state index contributed by atoms with van der Waals surface area (Å²) in [4.78, 5) is 2.58. The lowest BCUT2D eigenvalue weighted by atomic mass is 9.78. The number of hydrazine groups is 1. The van der Waals surface area contributed by atoms with Crippen molar-refractivity contribution >= 4 is 10.0 Å². The number of methoxy groups -OCH3 is 2. The van der Waals surface area contributed by atoms with Gasteiger partial charge in [0.25, 0.3) is 10.0 Å². The fraction of sp³-hybridized carbons (Fsp3) is 0.308. The van der Waals surface area contributed by atoms with Crippen molar-refractivity contribution in [2.75, 3.05) is 21.0 Å². The van der Waals surface area contributed by atoms with Gasteiger partial charge in [0.15, 0.2) is 29.2 Å². The zero-order valence-corrected chi connectivity index (χ0v) is 21.6. The lowest BCUT2D eigenvalue weighted by molar-refractivity contribution is 0.0736. The molecule has 0 unspecified atom stereocenters. The van der Waals surface area contributed by atoms with E-state index < -0.39 is 16.3 Å². The molecule has 3 aromatic rings. The maximum absolute atomic E-state index is 12.9. The van der Waals surface area contributed by atoms with Crippen LogP contribution < -0.4 is 33.9 Å². The molecule has 3 atom stereocenters. The Balaban J connectivity index is 1.53. The number of rotatable bonds is 7. The number of nitrogens with one attached hydrogen (secondary N) is 2. The van der Waals surface area contributed by atoms with Crippen LogP contribution in [-0.4, -0.2) is 40.8 Å². The van der Waals surface area contributed by atoms with Crippen LogP contribution in [0.2, 0.25) is 0 Å². The Bertz CT molecular complexity index is 1400. The highest BCUT2D eigenvalue weighted by atomic mass is 32.2. The third-order valence-corrected chi connectivity index (χ3v) is 7.90. The van der Waals surface area contributed by atoms with Gasteiger partial charge < -0.3 is 28.8 Å². The first-order valence-electron chi connectivity index (χ1n) is 11.6. The molecule has 11 heteroatoms. The Labute approximate surface area is 215 Å². The van der Waals surface area contributed by atoms with Crippen LogP contribution in [0.25, 0.3) is 0 Å². The molecule has 3 N–H and O–H groups in total. The number of aryl methyl sites for hydroxylation is 1. The van der Waals surface area contributed by atoms with Gasteiger partial charge in [0, 0.05) is 23.5 Å². The number of phenols is 1. The molecule has 2 aliphatic heterocycles. The van der Waals surface area contributed by atoms with E-state index in [-0.39, 0.29) is 40.8 Å². The molecule has 2 aliphatic rings. The molecule has 0 saturated carbocycles. The SMILES string of the molecule is COc1cc([C@@H]2c3cc4c(cc3O[C@H](NNS(=O)(=O)c3ccc(C)cc3)[C@@H]2C)OCO4)cc(OC)c1O. The first-order valence-corrected chi connectivity index (χ1v) is 13.1. The molecule has 37 heavy (non-hydrogen) atoms. The van der Waals surface area contributed by atoms with Crippen molar-refractivity contribution in [1.82, 2.24) is 10.3 Å². The van der Waals surface area contributed by atoms with E-state index in [1.54, 1.807) is 30.3 Å². The zero-order valence-electron chi connectivity index (χ0n) is 20.8. The quantitative estimate of drug-likeness (QED) is 0.396. The fourth-order valence-electron chi connectivity index (χ4n) is 4.64. The smallest absolute Gasteiger partial charge is 0.253 e. The number of ether oxygens (including phenoxy) is 5. The standard InChI is InChI=1S/C26H28N2O8S/c1-14-5-7-17(8-6-14)37(30,31)28-27-26-15(2)24(16-9-22(32-3)25(29)23(10-16)33-4)18-11-20-21(35-13-34-20)12-19(18)36-26/h5-12,15,24,26-29H,13H2,1-4H3/t15-,24-,26+/m1/s1. The molecule has 3 aromatic carbocycles. The molecule has 0 amide bonds. The van der Waals surface area contributed by atoms with E-state index in [1.807, 2.05) is 19.9 Å². The van der Waals surface area contributed by atoms with Gasteiger partial charge in [0.1, 0.15) is 5.75 Å². The largest absolute Gasteiger partial charge is 0.502 e. The van der Waals surface area contributed by atoms with Gasteiger partial charge in [0.05, 0.1) is 19.1 Å². The van der Waals surface area contributed by atoms with E-state index >= 15 is 0 Å². The van der Waals surface area contributed by atoms with Crippen LogP contribution in [0.1, 0.15) is 29.5 Å². The normalized spacial score (nSPS) is 20.2. The second-order valence-corrected chi connectivity index (χ2v) is 10.6. The minimum atomic E-state index is -3.85. The number of phenolic OH excluding ortho intramolecular Hbond substituents is 1. The predicted molar refractivity (Wildman–Crippen MR) is 134 cm³/mol. The van der Waals surface area contributed by atoms with Gasteiger partial charge in [-0.2, -0.15) is 0 Å². The molecule has 0 aromatic heterocycles. The molecule has 10 nitrogen and oxygen atoms in total. The van der Waals surface area contributed by atoms with E-state index in [9.17, 15) is 13.5 Å². The van der Waals surface area contributed by atoms with E-state index in [4.69, 9.17) is 23.7 Å². The summed E-state index contributed by atoms with van der Waals surface area (Å²) in [5, 5.41) is 10.5. The van der Waals surface area contributed by atoms with Crippen molar-refractivity contribution in [1.29, 1.82) is 0 Å². The molecule has 2 heterocycles. The van der Waals surface area contributed by atoms with Gasteiger partial charge in [-0.1, -0.05) is 24.6 Å². The third-order valence-electron chi connectivity index (χ3n) is 6.63. The summed E-state index contributed by atoms with van der Waals surface area (Å²) in [5.41, 5.74) is 5.40. The summed E-state index contributed by atoms with van der Waals surface area (Å²) in [6, 6.07) is 13.6. The summed E-state index contributed by atoms with van der Waals surface area (Å²) in [5.74, 6) is 1.40. The van der Waals surface area contributed by atoms with E-state index in [0.29, 0.717) is 17.2 Å². The second-order valence-electron chi connectivity index (χ2n) is 8.96. The van der Waals surface area contributed by atoms with E-state index in [0.717, 1.165) is 16.7 Å². The monoisotopic (exact) mass is 528 g/mol. The van der Waals surface area contributed by atoms with Gasteiger partial charge >= 0.3 is 0 Å². The highest BCUT2D eigenvalue weighted by Crippen LogP contribution is 2.50. The van der Waals surface area contributed by atoms with Crippen molar-refractivity contribution in [2.45, 2.75) is 30.9 Å². The third kappa shape index (κ3) is 4.61. The van der Waals surface area contributed by atoms with Gasteiger partial charge in [-0.05, 0) is 42.8 Å². The van der Waals surface area contributed by atoms with Crippen LogP contribution in [0.3, 0.4) is 0 Å². The van der Waals surface area contributed by atoms with Crippen molar-refractivity contribution in [3.63, 3.8) is 0 Å². The van der Waals surface area contributed by atoms with Crippen molar-refractivity contribution < 1.29 is 37.2 Å². The van der Waals surface area contributed by atoms with Crippen LogP contribution in [0, 0.1) is 12.8 Å². The summed E-state index contributed by atoms with van der Waals surface area (Å²) in [7, 11) is -0.934. The van der Waals surface area contributed by atoms with Crippen LogP contribution in [0.15, 0.2) is 53.4 Å². The lowest BCUT2D eigenvalue weighted by Crippen LogP contribution is -2.52. The number of fused-ring (bicyclic) bond motifs is 2. The van der Waals surface area contributed by atoms with Crippen molar-refractivity contribution in [2.24, 2.45) is 5.92 Å². The number of aromatic hydroxyl groups is 1. The summed E-state index contributed by atoms with van der Waals surface area (Å²) in [6.07, 6.45) is -0.760. The number of benzene rings is 3. The zero-order chi connectivity index (χ0) is 26.3. The van der Waals surface area contributed by atoms with Crippen LogP contribution >= 0.6 is 0 Å². The average molecular weight is 529 g/mol. The molecule has 0 bridgehead atoms. The summed E-state index contributed by atoms with van der Waals surface area (Å²) >= 11 is 0. The number of hydrogen-bond acceptors (Lipinski definition) is 9. The molecule has 0 aliphatic carbocycles. The van der Waals surface area contributed by atoms with Crippen molar-refractivity contribution in [3.8, 4) is 34.5 Å². The maximum Gasteiger partial charge on any atom is 0.253 e. The number of hydrogen-bond donors (Lipinski definition) is 3. The van der Waals surface area contributed by atoms with Crippen molar-refractivity contribution in [3.05, 3.63) is 65.2 Å². The van der Waals surface area contributed by atoms with Gasteiger partial charge in [-0.25, -0.2) is 13.8 Å².